The van der Waals surface area contributed by atoms with E-state index >= 15 is 0 Å². The van der Waals surface area contributed by atoms with Crippen molar-refractivity contribution in [1.82, 2.24) is 10.6 Å². The molecule has 2 N–H and O–H groups in total. The number of piperidine rings is 1. The number of rotatable bonds is 4. The van der Waals surface area contributed by atoms with Gasteiger partial charge in [-0.1, -0.05) is 20.3 Å². The quantitative estimate of drug-likeness (QED) is 0.806. The van der Waals surface area contributed by atoms with Crippen LogP contribution in [-0.2, 0) is 4.79 Å². The lowest BCUT2D eigenvalue weighted by atomic mass is 9.73. The van der Waals surface area contributed by atoms with Gasteiger partial charge in [-0.25, -0.2) is 0 Å². The van der Waals surface area contributed by atoms with Crippen LogP contribution in [0.2, 0.25) is 0 Å². The van der Waals surface area contributed by atoms with Crippen LogP contribution < -0.4 is 10.6 Å². The Hall–Kier alpha value is -0.570. The summed E-state index contributed by atoms with van der Waals surface area (Å²) in [6.07, 6.45) is 6.27. The Morgan fingerprint density at radius 2 is 2.00 bits per heavy atom. The summed E-state index contributed by atoms with van der Waals surface area (Å²) in [5, 5.41) is 6.67. The standard InChI is InChI=1S/C15H28N2O/c1-11(12-6-4-7-12)17-14(18)15(2,3)13-8-5-9-16-10-13/h11-13,16H,4-10H2,1-3H3,(H,17,18). The topological polar surface area (TPSA) is 41.1 Å². The highest BCUT2D eigenvalue weighted by atomic mass is 16.2. The first-order chi connectivity index (χ1) is 8.51. The lowest BCUT2D eigenvalue weighted by Crippen LogP contribution is -2.51. The van der Waals surface area contributed by atoms with E-state index in [9.17, 15) is 4.79 Å². The maximum atomic E-state index is 12.5. The van der Waals surface area contributed by atoms with E-state index in [1.165, 1.54) is 32.1 Å². The predicted octanol–water partition coefficient (Wildman–Crippen LogP) is 2.32. The molecule has 1 saturated heterocycles. The Balaban J connectivity index is 1.88. The molecule has 2 aliphatic rings. The Kier molecular flexibility index (Phi) is 4.31. The summed E-state index contributed by atoms with van der Waals surface area (Å²) in [6, 6.07) is 0.349. The monoisotopic (exact) mass is 252 g/mol. The van der Waals surface area contributed by atoms with Gasteiger partial charge >= 0.3 is 0 Å². The van der Waals surface area contributed by atoms with Crippen molar-refractivity contribution in [3.8, 4) is 0 Å². The van der Waals surface area contributed by atoms with Gasteiger partial charge < -0.3 is 10.6 Å². The SMILES string of the molecule is CC(NC(=O)C(C)(C)C1CCCNC1)C1CCC1. The number of hydrogen-bond acceptors (Lipinski definition) is 2. The summed E-state index contributed by atoms with van der Waals surface area (Å²) in [6.45, 7) is 8.46. The van der Waals surface area contributed by atoms with E-state index in [4.69, 9.17) is 0 Å². The number of amides is 1. The molecule has 2 atom stereocenters. The smallest absolute Gasteiger partial charge is 0.226 e. The molecule has 2 rings (SSSR count). The van der Waals surface area contributed by atoms with Crippen LogP contribution in [0.4, 0.5) is 0 Å². The van der Waals surface area contributed by atoms with Gasteiger partial charge in [-0.15, -0.1) is 0 Å². The van der Waals surface area contributed by atoms with Crippen LogP contribution in [0.3, 0.4) is 0 Å². The average molecular weight is 252 g/mol. The Morgan fingerprint density at radius 1 is 1.28 bits per heavy atom. The summed E-state index contributed by atoms with van der Waals surface area (Å²) in [7, 11) is 0. The van der Waals surface area contributed by atoms with Crippen molar-refractivity contribution in [3.05, 3.63) is 0 Å². The van der Waals surface area contributed by atoms with Crippen LogP contribution in [-0.4, -0.2) is 25.0 Å². The van der Waals surface area contributed by atoms with Gasteiger partial charge in [0.2, 0.25) is 5.91 Å². The van der Waals surface area contributed by atoms with E-state index in [0.717, 1.165) is 13.1 Å². The number of carbonyl (C=O) groups is 1. The van der Waals surface area contributed by atoms with Crippen LogP contribution >= 0.6 is 0 Å². The molecular weight excluding hydrogens is 224 g/mol. The van der Waals surface area contributed by atoms with Crippen LogP contribution in [0.25, 0.3) is 0 Å². The van der Waals surface area contributed by atoms with Crippen molar-refractivity contribution < 1.29 is 4.79 Å². The Morgan fingerprint density at radius 3 is 2.50 bits per heavy atom. The fourth-order valence-electron chi connectivity index (χ4n) is 3.10. The molecule has 0 spiro atoms. The van der Waals surface area contributed by atoms with E-state index in [0.29, 0.717) is 17.9 Å². The second-order valence-corrected chi connectivity index (χ2v) is 6.72. The van der Waals surface area contributed by atoms with E-state index in [1.54, 1.807) is 0 Å². The fraction of sp³-hybridized carbons (Fsp3) is 0.933. The second kappa shape index (κ2) is 5.60. The van der Waals surface area contributed by atoms with E-state index in [1.807, 2.05) is 0 Å². The summed E-state index contributed by atoms with van der Waals surface area (Å²) in [5.41, 5.74) is -0.245. The third-order valence-corrected chi connectivity index (χ3v) is 5.12. The minimum atomic E-state index is -0.245. The van der Waals surface area contributed by atoms with Gasteiger partial charge in [0.05, 0.1) is 0 Å². The van der Waals surface area contributed by atoms with Gasteiger partial charge in [0.15, 0.2) is 0 Å². The molecule has 2 unspecified atom stereocenters. The van der Waals surface area contributed by atoms with Gasteiger partial charge in [0.1, 0.15) is 0 Å². The highest BCUT2D eigenvalue weighted by Crippen LogP contribution is 2.34. The molecule has 1 aliphatic heterocycles. The van der Waals surface area contributed by atoms with E-state index < -0.39 is 0 Å². The number of carbonyl (C=O) groups excluding carboxylic acids is 1. The molecule has 1 aliphatic carbocycles. The molecule has 1 amide bonds. The van der Waals surface area contributed by atoms with Crippen LogP contribution in [0.1, 0.15) is 52.9 Å². The summed E-state index contributed by atoms with van der Waals surface area (Å²) < 4.78 is 0. The largest absolute Gasteiger partial charge is 0.353 e. The van der Waals surface area contributed by atoms with Crippen molar-refractivity contribution >= 4 is 5.91 Å². The number of nitrogens with one attached hydrogen (secondary N) is 2. The zero-order valence-corrected chi connectivity index (χ0v) is 12.1. The van der Waals surface area contributed by atoms with Crippen LogP contribution in [0, 0.1) is 17.3 Å². The van der Waals surface area contributed by atoms with Crippen LogP contribution in [0.15, 0.2) is 0 Å². The van der Waals surface area contributed by atoms with Gasteiger partial charge in [-0.05, 0) is 57.5 Å². The maximum Gasteiger partial charge on any atom is 0.226 e. The normalized spacial score (nSPS) is 27.4. The molecule has 0 aromatic heterocycles. The second-order valence-electron chi connectivity index (χ2n) is 6.72. The lowest BCUT2D eigenvalue weighted by Gasteiger charge is -2.39. The molecule has 0 aromatic carbocycles. The Labute approximate surface area is 111 Å². The summed E-state index contributed by atoms with van der Waals surface area (Å²) in [5.74, 6) is 1.43. The predicted molar refractivity (Wildman–Crippen MR) is 74.3 cm³/mol. The summed E-state index contributed by atoms with van der Waals surface area (Å²) in [4.78, 5) is 12.5. The molecule has 18 heavy (non-hydrogen) atoms. The minimum absolute atomic E-state index is 0.245. The van der Waals surface area contributed by atoms with Gasteiger partial charge in [0.25, 0.3) is 0 Å². The Bertz CT molecular complexity index is 291. The third kappa shape index (κ3) is 2.87. The molecule has 104 valence electrons. The molecule has 1 saturated carbocycles. The van der Waals surface area contributed by atoms with Crippen molar-refractivity contribution in [1.29, 1.82) is 0 Å². The molecule has 0 aromatic rings. The molecule has 3 heteroatoms. The van der Waals surface area contributed by atoms with Crippen molar-refractivity contribution in [2.75, 3.05) is 13.1 Å². The maximum absolute atomic E-state index is 12.5. The minimum Gasteiger partial charge on any atom is -0.353 e. The highest BCUT2D eigenvalue weighted by molar-refractivity contribution is 5.82. The van der Waals surface area contributed by atoms with Crippen LogP contribution in [0.5, 0.6) is 0 Å². The first-order valence-electron chi connectivity index (χ1n) is 7.53. The molecule has 2 fully saturated rings. The molecular formula is C15H28N2O. The van der Waals surface area contributed by atoms with E-state index in [-0.39, 0.29) is 11.3 Å². The zero-order chi connectivity index (χ0) is 13.2. The zero-order valence-electron chi connectivity index (χ0n) is 12.1. The molecule has 0 bridgehead atoms. The highest BCUT2D eigenvalue weighted by Gasteiger charge is 2.38. The van der Waals surface area contributed by atoms with Gasteiger partial charge in [-0.2, -0.15) is 0 Å². The van der Waals surface area contributed by atoms with Gasteiger partial charge in [-0.3, -0.25) is 4.79 Å². The third-order valence-electron chi connectivity index (χ3n) is 5.12. The molecule has 3 nitrogen and oxygen atoms in total. The van der Waals surface area contributed by atoms with Gasteiger partial charge in [0, 0.05) is 11.5 Å². The fourth-order valence-corrected chi connectivity index (χ4v) is 3.10. The average Bonchev–Trinajstić information content (AvgIpc) is 2.27. The van der Waals surface area contributed by atoms with Crippen molar-refractivity contribution in [2.24, 2.45) is 17.3 Å². The molecule has 0 radical (unpaired) electrons. The summed E-state index contributed by atoms with van der Waals surface area (Å²) >= 11 is 0. The first kappa shape index (κ1) is 13.9. The van der Waals surface area contributed by atoms with Crippen molar-refractivity contribution in [3.63, 3.8) is 0 Å². The van der Waals surface area contributed by atoms with Crippen molar-refractivity contribution in [2.45, 2.75) is 58.9 Å². The molecule has 1 heterocycles. The number of hydrogen-bond donors (Lipinski definition) is 2. The first-order valence-corrected chi connectivity index (χ1v) is 7.53. The van der Waals surface area contributed by atoms with E-state index in [2.05, 4.69) is 31.4 Å². The lowest BCUT2D eigenvalue weighted by molar-refractivity contribution is -0.133.